The molecule has 0 atom stereocenters. The van der Waals surface area contributed by atoms with Gasteiger partial charge in [0.15, 0.2) is 0 Å². The molecule has 0 aromatic heterocycles. The lowest BCUT2D eigenvalue weighted by atomic mass is 10.0. The summed E-state index contributed by atoms with van der Waals surface area (Å²) in [6.45, 7) is 10.6. The molecule has 0 spiro atoms. The average molecular weight is 194 g/mol. The van der Waals surface area contributed by atoms with Crippen LogP contribution in [0.5, 0.6) is 0 Å². The van der Waals surface area contributed by atoms with Crippen LogP contribution in [0.2, 0.25) is 0 Å². The first-order chi connectivity index (χ1) is 6.24. The minimum absolute atomic E-state index is 0. The van der Waals surface area contributed by atoms with E-state index in [0.29, 0.717) is 0 Å². The van der Waals surface area contributed by atoms with E-state index in [0.717, 1.165) is 0 Å². The molecule has 0 heteroatoms. The molecule has 0 bridgehead atoms. The zero-order valence-electron chi connectivity index (χ0n) is 9.65. The highest BCUT2D eigenvalue weighted by molar-refractivity contribution is 5.30. The second kappa shape index (κ2) is 8.80. The Kier molecular flexibility index (Phi) is 9.86. The van der Waals surface area contributed by atoms with Crippen LogP contribution in [-0.2, 0) is 6.42 Å². The van der Waals surface area contributed by atoms with Crippen LogP contribution in [0.25, 0.3) is 0 Å². The Labute approximate surface area is 90.4 Å². The lowest BCUT2D eigenvalue weighted by Gasteiger charge is -2.04. The van der Waals surface area contributed by atoms with Crippen molar-refractivity contribution in [3.63, 3.8) is 0 Å². The third-order valence-corrected chi connectivity index (χ3v) is 2.02. The molecule has 0 N–H and O–H groups in total. The van der Waals surface area contributed by atoms with E-state index in [1.807, 2.05) is 13.8 Å². The van der Waals surface area contributed by atoms with Gasteiger partial charge in [0.2, 0.25) is 0 Å². The second-order valence-corrected chi connectivity index (χ2v) is 3.18. The Bertz CT molecular complexity index is 236. The number of benzene rings is 1. The Morgan fingerprint density at radius 1 is 1.07 bits per heavy atom. The van der Waals surface area contributed by atoms with E-state index >= 15 is 0 Å². The molecule has 0 saturated heterocycles. The van der Waals surface area contributed by atoms with Gasteiger partial charge < -0.3 is 0 Å². The zero-order chi connectivity index (χ0) is 10.3. The van der Waals surface area contributed by atoms with Crippen molar-refractivity contribution in [2.24, 2.45) is 0 Å². The van der Waals surface area contributed by atoms with Gasteiger partial charge >= 0.3 is 0 Å². The number of aryl methyl sites for hydroxylation is 3. The zero-order valence-corrected chi connectivity index (χ0v) is 9.65. The van der Waals surface area contributed by atoms with E-state index in [1.54, 1.807) is 0 Å². The highest BCUT2D eigenvalue weighted by atomic mass is 14.0. The van der Waals surface area contributed by atoms with Crippen LogP contribution in [0, 0.1) is 13.8 Å². The minimum atomic E-state index is 0. The molecule has 0 aliphatic rings. The lowest BCUT2D eigenvalue weighted by molar-refractivity contribution is 0.911. The van der Waals surface area contributed by atoms with Gasteiger partial charge in [-0.1, -0.05) is 58.4 Å². The summed E-state index contributed by atoms with van der Waals surface area (Å²) in [5.74, 6) is 0. The van der Waals surface area contributed by atoms with Crippen molar-refractivity contribution in [3.8, 4) is 0 Å². The molecule has 0 heterocycles. The Balaban J connectivity index is 0. The predicted molar refractivity (Wildman–Crippen MR) is 68.0 cm³/mol. The lowest BCUT2D eigenvalue weighted by Crippen LogP contribution is -1.88. The summed E-state index contributed by atoms with van der Waals surface area (Å²) >= 11 is 0. The SMILES string of the molecule is C.CC.CCCc1cc(C)ccc1C. The first kappa shape index (κ1) is 15.7. The monoisotopic (exact) mass is 194 g/mol. The molecule has 82 valence electrons. The molecule has 1 rings (SSSR count). The molecular weight excluding hydrogens is 168 g/mol. The molecule has 0 aliphatic heterocycles. The van der Waals surface area contributed by atoms with Gasteiger partial charge in [0.25, 0.3) is 0 Å². The number of hydrogen-bond donors (Lipinski definition) is 0. The topological polar surface area (TPSA) is 0 Å². The van der Waals surface area contributed by atoms with Crippen molar-refractivity contribution < 1.29 is 0 Å². The Morgan fingerprint density at radius 2 is 1.64 bits per heavy atom. The quantitative estimate of drug-likeness (QED) is 0.627. The highest BCUT2D eigenvalue weighted by Gasteiger charge is 1.95. The average Bonchev–Trinajstić information content (AvgIpc) is 2.15. The molecule has 1 aromatic rings. The van der Waals surface area contributed by atoms with Gasteiger partial charge in [-0.15, -0.1) is 0 Å². The summed E-state index contributed by atoms with van der Waals surface area (Å²) < 4.78 is 0. The summed E-state index contributed by atoms with van der Waals surface area (Å²) in [6.07, 6.45) is 2.46. The molecule has 14 heavy (non-hydrogen) atoms. The van der Waals surface area contributed by atoms with Gasteiger partial charge in [0.1, 0.15) is 0 Å². The van der Waals surface area contributed by atoms with Crippen LogP contribution in [0.4, 0.5) is 0 Å². The van der Waals surface area contributed by atoms with Crippen LogP contribution in [0.1, 0.15) is 51.3 Å². The fraction of sp³-hybridized carbons (Fsp3) is 0.571. The van der Waals surface area contributed by atoms with E-state index in [2.05, 4.69) is 39.0 Å². The second-order valence-electron chi connectivity index (χ2n) is 3.18. The van der Waals surface area contributed by atoms with Gasteiger partial charge in [-0.05, 0) is 31.4 Å². The summed E-state index contributed by atoms with van der Waals surface area (Å²) in [5.41, 5.74) is 4.31. The van der Waals surface area contributed by atoms with Crippen LogP contribution >= 0.6 is 0 Å². The molecule has 0 saturated carbocycles. The molecule has 0 nitrogen and oxygen atoms in total. The van der Waals surface area contributed by atoms with Crippen molar-refractivity contribution in [1.82, 2.24) is 0 Å². The Hall–Kier alpha value is -0.780. The van der Waals surface area contributed by atoms with Gasteiger partial charge in [-0.25, -0.2) is 0 Å². The van der Waals surface area contributed by atoms with E-state index < -0.39 is 0 Å². The molecule has 0 fully saturated rings. The molecular formula is C14H26. The fourth-order valence-corrected chi connectivity index (χ4v) is 1.34. The third-order valence-electron chi connectivity index (χ3n) is 2.02. The van der Waals surface area contributed by atoms with Crippen molar-refractivity contribution in [2.75, 3.05) is 0 Å². The normalized spacial score (nSPS) is 8.36. The standard InChI is InChI=1S/C11H16.C2H6.CH4/c1-4-5-11-8-9(2)6-7-10(11)3;1-2;/h6-8H,4-5H2,1-3H3;1-2H3;1H4. The third kappa shape index (κ3) is 5.06. The molecule has 0 radical (unpaired) electrons. The van der Waals surface area contributed by atoms with Crippen molar-refractivity contribution in [3.05, 3.63) is 34.9 Å². The first-order valence-corrected chi connectivity index (χ1v) is 5.30. The molecule has 1 aromatic carbocycles. The van der Waals surface area contributed by atoms with Crippen LogP contribution in [-0.4, -0.2) is 0 Å². The van der Waals surface area contributed by atoms with Gasteiger partial charge in [0.05, 0.1) is 0 Å². The number of rotatable bonds is 2. The van der Waals surface area contributed by atoms with Crippen molar-refractivity contribution in [1.29, 1.82) is 0 Å². The van der Waals surface area contributed by atoms with E-state index in [9.17, 15) is 0 Å². The fourth-order valence-electron chi connectivity index (χ4n) is 1.34. The Morgan fingerprint density at radius 3 is 2.14 bits per heavy atom. The predicted octanol–water partition coefficient (Wildman–Crippen LogP) is 4.92. The van der Waals surface area contributed by atoms with Gasteiger partial charge in [-0.3, -0.25) is 0 Å². The number of hydrogen-bond acceptors (Lipinski definition) is 0. The molecule has 0 unspecified atom stereocenters. The van der Waals surface area contributed by atoms with E-state index in [4.69, 9.17) is 0 Å². The maximum absolute atomic E-state index is 2.29. The first-order valence-electron chi connectivity index (χ1n) is 5.30. The van der Waals surface area contributed by atoms with Gasteiger partial charge in [-0.2, -0.15) is 0 Å². The van der Waals surface area contributed by atoms with Crippen LogP contribution in [0.15, 0.2) is 18.2 Å². The minimum Gasteiger partial charge on any atom is -0.0776 e. The van der Waals surface area contributed by atoms with Gasteiger partial charge in [0, 0.05) is 0 Å². The largest absolute Gasteiger partial charge is 0.0776 e. The summed E-state index contributed by atoms with van der Waals surface area (Å²) in [7, 11) is 0. The van der Waals surface area contributed by atoms with Crippen molar-refractivity contribution >= 4 is 0 Å². The van der Waals surface area contributed by atoms with Crippen molar-refractivity contribution in [2.45, 2.75) is 54.9 Å². The highest BCUT2D eigenvalue weighted by Crippen LogP contribution is 2.11. The van der Waals surface area contributed by atoms with E-state index in [1.165, 1.54) is 29.5 Å². The summed E-state index contributed by atoms with van der Waals surface area (Å²) in [4.78, 5) is 0. The van der Waals surface area contributed by atoms with Crippen LogP contribution in [0.3, 0.4) is 0 Å². The maximum Gasteiger partial charge on any atom is -0.0279 e. The smallest absolute Gasteiger partial charge is 0.0279 e. The van der Waals surface area contributed by atoms with E-state index in [-0.39, 0.29) is 7.43 Å². The maximum atomic E-state index is 2.29. The molecule has 0 amide bonds. The molecule has 0 aliphatic carbocycles. The van der Waals surface area contributed by atoms with Crippen LogP contribution < -0.4 is 0 Å². The summed E-state index contributed by atoms with van der Waals surface area (Å²) in [5, 5.41) is 0. The summed E-state index contributed by atoms with van der Waals surface area (Å²) in [6, 6.07) is 6.67.